The maximum Gasteiger partial charge on any atom is 0.0320 e. The Kier molecular flexibility index (Phi) is 5.68. The third kappa shape index (κ3) is 4.72. The molecule has 17 heavy (non-hydrogen) atoms. The summed E-state index contributed by atoms with van der Waals surface area (Å²) in [6.45, 7) is 11.1. The quantitative estimate of drug-likeness (QED) is 0.778. The third-order valence-electron chi connectivity index (χ3n) is 3.46. The molecule has 1 aromatic rings. The van der Waals surface area contributed by atoms with Crippen molar-refractivity contribution >= 4 is 31.9 Å². The van der Waals surface area contributed by atoms with Crippen LogP contribution >= 0.6 is 31.9 Å². The van der Waals surface area contributed by atoms with Gasteiger partial charge in [-0.3, -0.25) is 0 Å². The summed E-state index contributed by atoms with van der Waals surface area (Å²) < 4.78 is 2.21. The van der Waals surface area contributed by atoms with Crippen LogP contribution in [0.2, 0.25) is 0 Å². The van der Waals surface area contributed by atoms with E-state index < -0.39 is 0 Å². The van der Waals surface area contributed by atoms with E-state index in [4.69, 9.17) is 0 Å². The summed E-state index contributed by atoms with van der Waals surface area (Å²) in [4.78, 5) is 0. The first-order valence-electron chi connectivity index (χ1n) is 5.97. The Morgan fingerprint density at radius 2 is 1.82 bits per heavy atom. The van der Waals surface area contributed by atoms with Gasteiger partial charge in [-0.2, -0.15) is 0 Å². The van der Waals surface area contributed by atoms with Crippen LogP contribution in [0.5, 0.6) is 0 Å². The fourth-order valence-electron chi connectivity index (χ4n) is 1.38. The molecule has 0 spiro atoms. The molecule has 0 aliphatic heterocycles. The molecule has 0 saturated carbocycles. The fraction of sp³-hybridized carbons (Fsp3) is 0.571. The average molecular weight is 363 g/mol. The average Bonchev–Trinajstić information content (AvgIpc) is 2.23. The number of halogens is 2. The predicted octanol–water partition coefficient (Wildman–Crippen LogP) is 4.98. The number of hydrogen-bond donors (Lipinski definition) is 1. The standard InChI is InChI=1S/C14H21Br2N/c1-10(2)14(3,4)9-17-8-11-5-6-12(15)13(16)7-11/h5-7,10,17H,8-9H2,1-4H3. The van der Waals surface area contributed by atoms with Gasteiger partial charge < -0.3 is 5.32 Å². The number of hydrogen-bond acceptors (Lipinski definition) is 1. The van der Waals surface area contributed by atoms with E-state index in [1.54, 1.807) is 0 Å². The van der Waals surface area contributed by atoms with E-state index >= 15 is 0 Å². The van der Waals surface area contributed by atoms with Gasteiger partial charge in [0.25, 0.3) is 0 Å². The Hall–Kier alpha value is 0.140. The zero-order chi connectivity index (χ0) is 13.1. The zero-order valence-corrected chi connectivity index (χ0v) is 14.2. The van der Waals surface area contributed by atoms with Crippen molar-refractivity contribution in [2.24, 2.45) is 11.3 Å². The molecule has 0 fully saturated rings. The molecule has 0 bridgehead atoms. The van der Waals surface area contributed by atoms with Gasteiger partial charge in [-0.15, -0.1) is 0 Å². The van der Waals surface area contributed by atoms with E-state index in [2.05, 4.69) is 83.1 Å². The maximum absolute atomic E-state index is 3.53. The van der Waals surface area contributed by atoms with Gasteiger partial charge in [0, 0.05) is 22.0 Å². The fourth-order valence-corrected chi connectivity index (χ4v) is 2.06. The molecule has 0 aliphatic rings. The highest BCUT2D eigenvalue weighted by molar-refractivity contribution is 9.13. The summed E-state index contributed by atoms with van der Waals surface area (Å²) in [5, 5.41) is 3.53. The first-order valence-corrected chi connectivity index (χ1v) is 7.56. The third-order valence-corrected chi connectivity index (χ3v) is 5.34. The minimum atomic E-state index is 0.340. The topological polar surface area (TPSA) is 12.0 Å². The van der Waals surface area contributed by atoms with Crippen LogP contribution in [-0.2, 0) is 6.54 Å². The van der Waals surface area contributed by atoms with Crippen molar-refractivity contribution in [3.8, 4) is 0 Å². The molecule has 1 aromatic carbocycles. The maximum atomic E-state index is 3.53. The molecule has 3 heteroatoms. The van der Waals surface area contributed by atoms with Gasteiger partial charge in [0.05, 0.1) is 0 Å². The van der Waals surface area contributed by atoms with Crippen molar-refractivity contribution in [2.45, 2.75) is 34.2 Å². The van der Waals surface area contributed by atoms with Gasteiger partial charge in [-0.1, -0.05) is 33.8 Å². The second-order valence-corrected chi connectivity index (χ2v) is 7.20. The van der Waals surface area contributed by atoms with Gasteiger partial charge in [0.2, 0.25) is 0 Å². The largest absolute Gasteiger partial charge is 0.312 e. The van der Waals surface area contributed by atoms with E-state index in [1.165, 1.54) is 5.56 Å². The molecular formula is C14H21Br2N. The van der Waals surface area contributed by atoms with Crippen LogP contribution in [0.15, 0.2) is 27.1 Å². The van der Waals surface area contributed by atoms with Crippen molar-refractivity contribution < 1.29 is 0 Å². The number of rotatable bonds is 5. The van der Waals surface area contributed by atoms with Crippen LogP contribution in [0, 0.1) is 11.3 Å². The van der Waals surface area contributed by atoms with E-state index in [9.17, 15) is 0 Å². The van der Waals surface area contributed by atoms with E-state index in [0.29, 0.717) is 11.3 Å². The van der Waals surface area contributed by atoms with Crippen molar-refractivity contribution in [1.29, 1.82) is 0 Å². The van der Waals surface area contributed by atoms with E-state index in [-0.39, 0.29) is 0 Å². The first kappa shape index (κ1) is 15.2. The minimum absolute atomic E-state index is 0.340. The van der Waals surface area contributed by atoms with Crippen LogP contribution < -0.4 is 5.32 Å². The Morgan fingerprint density at radius 3 is 2.35 bits per heavy atom. The summed E-state index contributed by atoms with van der Waals surface area (Å²) in [6, 6.07) is 6.37. The Morgan fingerprint density at radius 1 is 1.18 bits per heavy atom. The Balaban J connectivity index is 2.49. The monoisotopic (exact) mass is 361 g/mol. The highest BCUT2D eigenvalue weighted by Crippen LogP contribution is 2.26. The molecule has 0 aromatic heterocycles. The van der Waals surface area contributed by atoms with Crippen LogP contribution in [0.25, 0.3) is 0 Å². The number of benzene rings is 1. The summed E-state index contributed by atoms with van der Waals surface area (Å²) in [5.41, 5.74) is 1.65. The molecule has 0 aliphatic carbocycles. The lowest BCUT2D eigenvalue weighted by Gasteiger charge is -2.29. The molecule has 0 saturated heterocycles. The normalized spacial score (nSPS) is 12.2. The SMILES string of the molecule is CC(C)C(C)(C)CNCc1ccc(Br)c(Br)c1. The van der Waals surface area contributed by atoms with Crippen LogP contribution in [0.3, 0.4) is 0 Å². The highest BCUT2D eigenvalue weighted by Gasteiger charge is 2.21. The lowest BCUT2D eigenvalue weighted by molar-refractivity contribution is 0.238. The molecule has 0 amide bonds. The summed E-state index contributed by atoms with van der Waals surface area (Å²) in [5.74, 6) is 0.687. The van der Waals surface area contributed by atoms with Crippen LogP contribution in [-0.4, -0.2) is 6.54 Å². The molecular weight excluding hydrogens is 342 g/mol. The summed E-state index contributed by atoms with van der Waals surface area (Å²) >= 11 is 7.01. The smallest absolute Gasteiger partial charge is 0.0320 e. The lowest BCUT2D eigenvalue weighted by Crippen LogP contribution is -2.33. The lowest BCUT2D eigenvalue weighted by atomic mass is 9.81. The second kappa shape index (κ2) is 6.35. The van der Waals surface area contributed by atoms with Crippen molar-refractivity contribution in [2.75, 3.05) is 6.54 Å². The van der Waals surface area contributed by atoms with Crippen molar-refractivity contribution in [3.63, 3.8) is 0 Å². The van der Waals surface area contributed by atoms with Crippen molar-refractivity contribution in [1.82, 2.24) is 5.32 Å². The predicted molar refractivity (Wildman–Crippen MR) is 82.2 cm³/mol. The molecule has 96 valence electrons. The van der Waals surface area contributed by atoms with E-state index in [1.807, 2.05) is 0 Å². The molecule has 0 radical (unpaired) electrons. The zero-order valence-electron chi connectivity index (χ0n) is 11.0. The molecule has 0 atom stereocenters. The second-order valence-electron chi connectivity index (χ2n) is 5.50. The first-order chi connectivity index (χ1) is 7.83. The molecule has 1 nitrogen and oxygen atoms in total. The van der Waals surface area contributed by atoms with Crippen LogP contribution in [0.4, 0.5) is 0 Å². The Labute approximate surface area is 122 Å². The minimum Gasteiger partial charge on any atom is -0.312 e. The van der Waals surface area contributed by atoms with Crippen molar-refractivity contribution in [3.05, 3.63) is 32.7 Å². The van der Waals surface area contributed by atoms with Gasteiger partial charge >= 0.3 is 0 Å². The highest BCUT2D eigenvalue weighted by atomic mass is 79.9. The van der Waals surface area contributed by atoms with Gasteiger partial charge in [-0.25, -0.2) is 0 Å². The van der Waals surface area contributed by atoms with Gasteiger partial charge in [-0.05, 0) is 60.9 Å². The molecule has 0 unspecified atom stereocenters. The number of nitrogens with one attached hydrogen (secondary N) is 1. The Bertz CT molecular complexity index is 372. The van der Waals surface area contributed by atoms with E-state index in [0.717, 1.165) is 22.0 Å². The molecule has 0 heterocycles. The van der Waals surface area contributed by atoms with Crippen LogP contribution in [0.1, 0.15) is 33.3 Å². The summed E-state index contributed by atoms with van der Waals surface area (Å²) in [7, 11) is 0. The molecule has 1 N–H and O–H groups in total. The summed E-state index contributed by atoms with van der Waals surface area (Å²) in [6.07, 6.45) is 0. The molecule has 1 rings (SSSR count). The van der Waals surface area contributed by atoms with Gasteiger partial charge in [0.15, 0.2) is 0 Å². The van der Waals surface area contributed by atoms with Gasteiger partial charge in [0.1, 0.15) is 0 Å².